The number of rotatable bonds is 24. The van der Waals surface area contributed by atoms with Gasteiger partial charge >= 0.3 is 83.2 Å². The van der Waals surface area contributed by atoms with Crippen LogP contribution in [-0.4, -0.2) is 214 Å². The van der Waals surface area contributed by atoms with E-state index >= 15 is 0 Å². The molecule has 4 N–H and O–H groups in total. The van der Waals surface area contributed by atoms with Gasteiger partial charge in [-0.15, -0.1) is 22.9 Å². The molecule has 108 heavy (non-hydrogen) atoms. The van der Waals surface area contributed by atoms with Gasteiger partial charge in [-0.1, -0.05) is 26.7 Å². The summed E-state index contributed by atoms with van der Waals surface area (Å²) in [6.45, 7) is 7.17. The van der Waals surface area contributed by atoms with Gasteiger partial charge in [0.05, 0.1) is 109 Å². The van der Waals surface area contributed by atoms with Gasteiger partial charge in [0.2, 0.25) is 9.05 Å². The van der Waals surface area contributed by atoms with Crippen LogP contribution in [0.15, 0.2) is 134 Å². The summed E-state index contributed by atoms with van der Waals surface area (Å²) >= 11 is 6.75. The van der Waals surface area contributed by atoms with E-state index in [0.29, 0.717) is 51.0 Å². The molecule has 0 bridgehead atoms. The number of esters is 3. The maximum atomic E-state index is 13.5. The van der Waals surface area contributed by atoms with Crippen LogP contribution in [0.5, 0.6) is 5.75 Å². The van der Waals surface area contributed by atoms with Crippen molar-refractivity contribution in [1.29, 1.82) is 0 Å². The summed E-state index contributed by atoms with van der Waals surface area (Å²) in [5, 5.41) is 27.1. The van der Waals surface area contributed by atoms with E-state index < -0.39 is 32.7 Å². The monoisotopic (exact) mass is 1600 g/mol. The number of aliphatic hydroxyl groups excluding tert-OH is 1. The Balaban J connectivity index is -0.00000125. The van der Waals surface area contributed by atoms with E-state index in [2.05, 4.69) is 70.4 Å². The summed E-state index contributed by atoms with van der Waals surface area (Å²) in [4.78, 5) is 91.6. The van der Waals surface area contributed by atoms with Gasteiger partial charge in [0.1, 0.15) is 5.75 Å². The fourth-order valence-corrected chi connectivity index (χ4v) is 8.72. The van der Waals surface area contributed by atoms with E-state index in [9.17, 15) is 50.7 Å². The number of alkyl halides is 4. The summed E-state index contributed by atoms with van der Waals surface area (Å²) in [7, 11) is 24.8. The number of anilines is 2. The Morgan fingerprint density at radius 2 is 0.954 bits per heavy atom. The van der Waals surface area contributed by atoms with Crippen molar-refractivity contribution in [3.05, 3.63) is 201 Å². The number of ketones is 1. The minimum atomic E-state index is -4.51. The molecule has 0 amide bonds. The van der Waals surface area contributed by atoms with Crippen LogP contribution in [0.4, 0.5) is 24.0 Å². The molecule has 27 nitrogen and oxygen atoms in total. The van der Waals surface area contributed by atoms with Crippen LogP contribution < -0.4 is 79.6 Å². The number of hydrogen-bond donors (Lipinski definition) is 3. The molecule has 0 saturated heterocycles. The third-order valence-corrected chi connectivity index (χ3v) is 13.7. The van der Waals surface area contributed by atoms with Crippen LogP contribution in [0, 0.1) is 0 Å². The number of carbonyl (C=O) groups is 5. The zero-order valence-corrected chi connectivity index (χ0v) is 71.5. The zero-order chi connectivity index (χ0) is 79.2. The molecule has 0 spiro atoms. The summed E-state index contributed by atoms with van der Waals surface area (Å²) in [5.41, 5.74) is 8.30. The predicted molar refractivity (Wildman–Crippen MR) is 402 cm³/mol. The molecule has 0 aliphatic heterocycles. The largest absolute Gasteiger partial charge is 1.00 e. The van der Waals surface area contributed by atoms with Crippen LogP contribution >= 0.6 is 33.6 Å². The van der Waals surface area contributed by atoms with Gasteiger partial charge in [-0.05, 0) is 174 Å². The molecule has 8 aromatic rings. The maximum absolute atomic E-state index is 13.5. The molecule has 0 unspecified atom stereocenters. The number of ether oxygens (including phenoxy) is 4. The van der Waals surface area contributed by atoms with Gasteiger partial charge in [-0.3, -0.25) is 34.7 Å². The SMILES string of the molecule is CCCCCOc1ccc(Nc2nc(-c3ccc(CN(C)C)nc3)cs2)cc1C(F)(F)F.CCc1ccc(C(=O)OC)cn1.CN(C)Cc1ccc(C(=O)CCl)cn1.CN(C)Cc1ccc(C(=O)[O-])cn1.CNC.COC(=O)c1ccc(CN(C)C)nc1.COC(=O)c1ccc(CO)nc1.CS(=O)(=O)Cl.[Na+].[Na+].[OH-]. The minimum Gasteiger partial charge on any atom is -0.870 e. The quantitative estimate of drug-likeness (QED) is 0.0145. The Bertz CT molecular complexity index is 3810. The first-order valence-electron chi connectivity index (χ1n) is 32.1. The molecule has 7 heterocycles. The summed E-state index contributed by atoms with van der Waals surface area (Å²) in [5.74, 6) is -2.54. The van der Waals surface area contributed by atoms with Crippen molar-refractivity contribution in [2.75, 3.05) is 116 Å². The summed E-state index contributed by atoms with van der Waals surface area (Å²) in [6.07, 6.45) is 8.99. The number of methoxy groups -OCH3 is 3. The third-order valence-electron chi connectivity index (χ3n) is 12.7. The zero-order valence-electron chi connectivity index (χ0n) is 64.4. The molecular weight excluding hydrogens is 1510 g/mol. The second kappa shape index (κ2) is 57.9. The number of unbranched alkanes of at least 4 members (excludes halogenated alkanes) is 2. The van der Waals surface area contributed by atoms with E-state index in [4.69, 9.17) is 21.4 Å². The van der Waals surface area contributed by atoms with Gasteiger partial charge in [0.25, 0.3) is 0 Å². The molecule has 0 aliphatic carbocycles. The number of pyridine rings is 6. The van der Waals surface area contributed by atoms with Crippen LogP contribution in [0.1, 0.15) is 125 Å². The molecular formula is C72H96Cl2F3N13Na2O14S2. The molecule has 0 radical (unpaired) electrons. The Morgan fingerprint density at radius 3 is 1.27 bits per heavy atom. The van der Waals surface area contributed by atoms with Crippen molar-refractivity contribution in [3.63, 3.8) is 0 Å². The topological polar surface area (TPSA) is 357 Å². The number of benzene rings is 1. The van der Waals surface area contributed by atoms with Crippen molar-refractivity contribution in [2.45, 2.75) is 78.5 Å². The van der Waals surface area contributed by atoms with Gasteiger partial charge in [0.15, 0.2) is 10.9 Å². The number of nitrogens with one attached hydrogen (secondary N) is 2. The number of aliphatic hydroxyl groups is 1. The van der Waals surface area contributed by atoms with Gasteiger partial charge in [0, 0.05) is 107 Å². The summed E-state index contributed by atoms with van der Waals surface area (Å²) < 4.78 is 78.4. The second-order valence-electron chi connectivity index (χ2n) is 23.1. The third kappa shape index (κ3) is 46.4. The van der Waals surface area contributed by atoms with Crippen molar-refractivity contribution < 1.29 is 139 Å². The number of aromatic nitrogens is 7. The number of Topliss-reactive ketones (excluding diaryl/α,β-unsaturated/α-hetero) is 1. The van der Waals surface area contributed by atoms with Crippen LogP contribution in [0.3, 0.4) is 0 Å². The predicted octanol–water partition coefficient (Wildman–Crippen LogP) is 4.24. The number of carboxylic acid groups (broad SMARTS) is 1. The fourth-order valence-electron chi connectivity index (χ4n) is 7.83. The van der Waals surface area contributed by atoms with Crippen molar-refractivity contribution in [1.82, 2.24) is 59.8 Å². The molecule has 582 valence electrons. The van der Waals surface area contributed by atoms with Crippen molar-refractivity contribution >= 4 is 83.2 Å². The average molecular weight is 1610 g/mol. The molecule has 0 atom stereocenters. The molecule has 0 saturated carbocycles. The van der Waals surface area contributed by atoms with Gasteiger partial charge in [-0.25, -0.2) is 27.8 Å². The van der Waals surface area contributed by atoms with E-state index in [1.165, 1.54) is 69.6 Å². The minimum absolute atomic E-state index is 0. The number of halogens is 5. The maximum Gasteiger partial charge on any atom is 1.00 e. The molecule has 36 heteroatoms. The first kappa shape index (κ1) is 105. The Kier molecular flexibility index (Phi) is 56.4. The second-order valence-corrected chi connectivity index (χ2v) is 27.3. The van der Waals surface area contributed by atoms with E-state index in [-0.39, 0.29) is 113 Å². The average Bonchev–Trinajstić information content (AvgIpc) is 1.30. The number of aryl methyl sites for hydroxylation is 1. The molecule has 0 fully saturated rings. The molecule has 8 rings (SSSR count). The standard InChI is InChI=1S/C23H27F3N4OS.C10H13ClN2O.C10H14N2O2.C9H12N2O2.C9H11NO2.C8H9NO3.C2H7N.CH3ClO2S.2Na.H2O/c1-4-5-6-11-31-21-10-9-17(12-19(21)23(24,25)26)28-22-29-20(15-32-22)16-7-8-18(27-13-16)14-30(2)3;1-13(2)7-9-4-3-8(6-12-9)10(14)5-11;1-12(2)7-9-5-4-8(6-11-9)10(13)14-3;1-11(2)6-8-4-3-7(5-10-8)9(12)13;1-3-8-5-4-7(6-10-8)9(11)12-2;1-12-8(11)6-2-3-7(5-10)9-4-6;1-3-2;1-5(2,3)4;;;/h7-10,12-13,15H,4-6,11,14H2,1-3H3,(H,28,29);3-4,6H,5,7H2,1-2H3;4-6H,7H2,1-3H3;3-5H,6H2,1-2H3,(H,12,13);4-6H,3H2,1-2H3;2-4,10H,5H2,1H3;3H,1-2H3;1H3;;;1H2/q;;;;;;;;2*+1;/p-2. The molecule has 7 aromatic heterocycles. The normalized spacial score (nSPS) is 10.2. The van der Waals surface area contributed by atoms with E-state index in [1.54, 1.807) is 54.9 Å². The van der Waals surface area contributed by atoms with Gasteiger partial charge < -0.3 is 69.7 Å². The van der Waals surface area contributed by atoms with E-state index in [0.717, 1.165) is 91.7 Å². The van der Waals surface area contributed by atoms with Crippen molar-refractivity contribution in [2.24, 2.45) is 0 Å². The van der Waals surface area contributed by atoms with Crippen molar-refractivity contribution in [3.8, 4) is 17.0 Å². The number of nitrogens with zero attached hydrogens (tertiary/aromatic N) is 11. The Morgan fingerprint density at radius 1 is 0.583 bits per heavy atom. The Labute approximate surface area is 689 Å². The number of aromatic carboxylic acids is 1. The van der Waals surface area contributed by atoms with E-state index in [1.807, 2.05) is 140 Å². The smallest absolute Gasteiger partial charge is 0.870 e. The number of hydrogen-bond acceptors (Lipinski definition) is 28. The number of thiazole rings is 1. The number of carboxylic acids is 1. The van der Waals surface area contributed by atoms with Gasteiger partial charge in [-0.2, -0.15) is 13.2 Å². The summed E-state index contributed by atoms with van der Waals surface area (Å²) in [6, 6.07) is 24.9. The fraction of sp³-hybridized carbons (Fsp3) is 0.389. The first-order valence-corrected chi connectivity index (χ1v) is 36.2. The molecule has 1 aromatic carbocycles. The van der Waals surface area contributed by atoms with Crippen LogP contribution in [0.25, 0.3) is 11.3 Å². The number of carbonyl (C=O) groups excluding carboxylic acids is 5. The Hall–Kier alpha value is -7.06. The van der Waals surface area contributed by atoms with Crippen LogP contribution in [0.2, 0.25) is 0 Å². The first-order chi connectivity index (χ1) is 49.6. The molecule has 0 aliphatic rings. The van der Waals surface area contributed by atoms with Crippen LogP contribution in [-0.2, 0) is 68.6 Å².